The molecular weight excluding hydrogens is 811 g/mol. The van der Waals surface area contributed by atoms with Crippen LogP contribution in [0.2, 0.25) is 0 Å². The third-order valence-corrected chi connectivity index (χ3v) is 15.1. The highest BCUT2D eigenvalue weighted by molar-refractivity contribution is 6.39. The molecule has 1 amide bonds. The van der Waals surface area contributed by atoms with Gasteiger partial charge in [-0.1, -0.05) is 90.0 Å². The summed E-state index contributed by atoms with van der Waals surface area (Å²) < 4.78 is 24.3. The van der Waals surface area contributed by atoms with Gasteiger partial charge in [0.2, 0.25) is 0 Å². The Hall–Kier alpha value is -3.25. The number of ether oxygens (including phenoxy) is 4. The molecule has 1 N–H and O–H groups in total. The second-order valence-electron chi connectivity index (χ2n) is 20.4. The van der Waals surface area contributed by atoms with E-state index >= 15 is 0 Å². The summed E-state index contributed by atoms with van der Waals surface area (Å²) in [6.07, 6.45) is 19.5. The van der Waals surface area contributed by atoms with Crippen molar-refractivity contribution < 1.29 is 48.0 Å². The van der Waals surface area contributed by atoms with Crippen LogP contribution in [0.4, 0.5) is 0 Å². The standard InChI is InChI=1S/C53H83NO10/c1-12-41-48(56)47-28-35(4)19-15-13-14-18-33(2)21-22-34(3)23-24-39(8)53(9,60)50(57)51(58)54-27-17-16-20-42(54)52(59)64-45(32-43(55)36(5)29-38(7)49(41)63-47)37(6)30-40-25-26-44(61-10)46(31-40)62-11/h13-15,18-19,29,34-37,39-42,44-47,49,60H,12,16-17,20-28,30-32H2,1-11H3/b14-13+,19-15+,33-18+,38-29+/t34-,35-,36-,37-,39?,40?,41?,42?,44-,45+,46?,47?,49-,53?/m1/s1. The highest BCUT2D eigenvalue weighted by Crippen LogP contribution is 2.37. The fourth-order valence-corrected chi connectivity index (χ4v) is 10.3. The fourth-order valence-electron chi connectivity index (χ4n) is 10.3. The summed E-state index contributed by atoms with van der Waals surface area (Å²) in [6.45, 7) is 17.6. The lowest BCUT2D eigenvalue weighted by molar-refractivity contribution is -0.169. The average Bonchev–Trinajstić information content (AvgIpc) is 3.59. The number of rotatable bonds is 6. The van der Waals surface area contributed by atoms with Gasteiger partial charge in [-0.3, -0.25) is 19.2 Å². The van der Waals surface area contributed by atoms with E-state index in [9.17, 15) is 29.1 Å². The van der Waals surface area contributed by atoms with E-state index in [0.29, 0.717) is 50.9 Å². The molecule has 0 aromatic carbocycles. The topological polar surface area (TPSA) is 146 Å². The number of aliphatic hydroxyl groups is 1. The molecule has 3 aliphatic heterocycles. The molecule has 3 heterocycles. The average molecular weight is 894 g/mol. The van der Waals surface area contributed by atoms with Gasteiger partial charge in [0.15, 0.2) is 5.78 Å². The second-order valence-corrected chi connectivity index (χ2v) is 20.4. The Kier molecular flexibility index (Phi) is 20.9. The van der Waals surface area contributed by atoms with Gasteiger partial charge in [0.25, 0.3) is 11.7 Å². The molecule has 11 nitrogen and oxygen atoms in total. The Morgan fingerprint density at radius 2 is 1.61 bits per heavy atom. The molecule has 1 saturated carbocycles. The van der Waals surface area contributed by atoms with Gasteiger partial charge < -0.3 is 29.0 Å². The van der Waals surface area contributed by atoms with Gasteiger partial charge >= 0.3 is 5.97 Å². The highest BCUT2D eigenvalue weighted by Gasteiger charge is 2.47. The molecule has 2 saturated heterocycles. The van der Waals surface area contributed by atoms with Crippen LogP contribution in [0.25, 0.3) is 0 Å². The zero-order valence-electron chi connectivity index (χ0n) is 41.1. The third kappa shape index (κ3) is 14.4. The first-order valence-corrected chi connectivity index (χ1v) is 24.6. The molecule has 7 unspecified atom stereocenters. The SMILES string of the molecule is CCC1C(=O)C2C[C@H](C)/C=C/C=C/C=C(\C)CC[C@@H](C)CCC(C)C(C)(O)C(=O)C(=O)N3CCCCC3C(=O)O[C@H]([C@H](C)CC3CC[C@@H](OC)C(OC)C3)CC(=O)[C@H](C)/C=C(\C)[C@H]1O2. The Balaban J connectivity index is 1.65. The van der Waals surface area contributed by atoms with E-state index in [2.05, 4.69) is 32.9 Å². The van der Waals surface area contributed by atoms with Crippen LogP contribution in [-0.2, 0) is 42.9 Å². The second kappa shape index (κ2) is 25.0. The molecule has 2 bridgehead atoms. The number of hydrogen-bond donors (Lipinski definition) is 1. The van der Waals surface area contributed by atoms with E-state index in [-0.39, 0.29) is 60.4 Å². The van der Waals surface area contributed by atoms with Crippen LogP contribution in [0, 0.1) is 41.4 Å². The van der Waals surface area contributed by atoms with Gasteiger partial charge in [0.05, 0.1) is 24.2 Å². The van der Waals surface area contributed by atoms with E-state index in [1.807, 2.05) is 58.9 Å². The van der Waals surface area contributed by atoms with Crippen molar-refractivity contribution in [3.63, 3.8) is 0 Å². The number of allylic oxidation sites excluding steroid dienone is 7. The number of hydrogen-bond acceptors (Lipinski definition) is 10. The molecule has 14 atom stereocenters. The monoisotopic (exact) mass is 894 g/mol. The lowest BCUT2D eigenvalue weighted by Crippen LogP contribution is -2.57. The minimum Gasteiger partial charge on any atom is -0.460 e. The number of methoxy groups -OCH3 is 2. The maximum Gasteiger partial charge on any atom is 0.329 e. The smallest absolute Gasteiger partial charge is 0.329 e. The van der Waals surface area contributed by atoms with Crippen LogP contribution in [0.1, 0.15) is 152 Å². The predicted molar refractivity (Wildman–Crippen MR) is 250 cm³/mol. The lowest BCUT2D eigenvalue weighted by atomic mass is 9.78. The molecule has 0 aromatic heterocycles. The van der Waals surface area contributed by atoms with Crippen LogP contribution < -0.4 is 0 Å². The number of ketones is 3. The van der Waals surface area contributed by atoms with Gasteiger partial charge in [0.1, 0.15) is 29.6 Å². The maximum atomic E-state index is 14.4. The zero-order chi connectivity index (χ0) is 47.3. The Labute approximate surface area is 385 Å². The molecule has 0 radical (unpaired) electrons. The predicted octanol–water partition coefficient (Wildman–Crippen LogP) is 9.29. The first-order valence-electron chi connectivity index (χ1n) is 24.6. The van der Waals surface area contributed by atoms with Gasteiger partial charge in [-0.15, -0.1) is 0 Å². The maximum absolute atomic E-state index is 14.4. The van der Waals surface area contributed by atoms with Crippen LogP contribution in [0.5, 0.6) is 0 Å². The first-order chi connectivity index (χ1) is 30.3. The molecule has 1 aliphatic carbocycles. The minimum atomic E-state index is -1.92. The van der Waals surface area contributed by atoms with Crippen LogP contribution in [-0.4, -0.2) is 102 Å². The molecule has 360 valence electrons. The number of fused-ring (bicyclic) bond motifs is 3. The number of carbonyl (C=O) groups is 5. The summed E-state index contributed by atoms with van der Waals surface area (Å²) in [5.74, 6) is -3.31. The number of piperidine rings is 1. The number of nitrogens with zero attached hydrogens (tertiary/aromatic N) is 1. The molecular formula is C53H83NO10. The molecule has 11 heteroatoms. The summed E-state index contributed by atoms with van der Waals surface area (Å²) in [4.78, 5) is 71.6. The molecule has 4 rings (SSSR count). The normalized spacial score (nSPS) is 39.7. The van der Waals surface area contributed by atoms with Crippen LogP contribution in [0.15, 0.2) is 47.6 Å². The van der Waals surface area contributed by atoms with Crippen LogP contribution >= 0.6 is 0 Å². The molecule has 64 heavy (non-hydrogen) atoms. The van der Waals surface area contributed by atoms with Crippen molar-refractivity contribution in [1.29, 1.82) is 0 Å². The van der Waals surface area contributed by atoms with Gasteiger partial charge in [-0.25, -0.2) is 4.79 Å². The number of amides is 1. The minimum absolute atomic E-state index is 0.00284. The highest BCUT2D eigenvalue weighted by atomic mass is 16.5. The summed E-state index contributed by atoms with van der Waals surface area (Å²) in [5.41, 5.74) is 0.155. The first kappa shape index (κ1) is 53.4. The summed E-state index contributed by atoms with van der Waals surface area (Å²) >= 11 is 0. The number of cyclic esters (lactones) is 1. The Bertz CT molecular complexity index is 1710. The molecule has 4 aliphatic rings. The van der Waals surface area contributed by atoms with Crippen molar-refractivity contribution in [3.8, 4) is 0 Å². The number of esters is 1. The Morgan fingerprint density at radius 1 is 0.891 bits per heavy atom. The van der Waals surface area contributed by atoms with Gasteiger partial charge in [0, 0.05) is 33.1 Å². The zero-order valence-corrected chi connectivity index (χ0v) is 41.1. The lowest BCUT2D eigenvalue weighted by Gasteiger charge is -2.38. The summed E-state index contributed by atoms with van der Waals surface area (Å²) in [6, 6.07) is -1.02. The number of carbonyl (C=O) groups excluding carboxylic acids is 5. The van der Waals surface area contributed by atoms with Gasteiger partial charge in [-0.05, 0) is 133 Å². The Morgan fingerprint density at radius 3 is 2.30 bits per heavy atom. The molecule has 3 fully saturated rings. The van der Waals surface area contributed by atoms with Crippen molar-refractivity contribution >= 4 is 29.2 Å². The van der Waals surface area contributed by atoms with E-state index in [1.54, 1.807) is 14.2 Å². The van der Waals surface area contributed by atoms with E-state index in [0.717, 1.165) is 44.1 Å². The fraction of sp³-hybridized carbons (Fsp3) is 0.755. The summed E-state index contributed by atoms with van der Waals surface area (Å²) in [7, 11) is 3.39. The van der Waals surface area contributed by atoms with Crippen molar-refractivity contribution in [3.05, 3.63) is 47.6 Å². The van der Waals surface area contributed by atoms with E-state index < -0.39 is 59.5 Å². The van der Waals surface area contributed by atoms with Crippen LogP contribution in [0.3, 0.4) is 0 Å². The quantitative estimate of drug-likeness (QED) is 0.156. The van der Waals surface area contributed by atoms with Crippen molar-refractivity contribution in [1.82, 2.24) is 4.90 Å². The largest absolute Gasteiger partial charge is 0.460 e. The molecule has 0 aromatic rings. The van der Waals surface area contributed by atoms with Gasteiger partial charge in [-0.2, -0.15) is 0 Å². The van der Waals surface area contributed by atoms with E-state index in [4.69, 9.17) is 18.9 Å². The van der Waals surface area contributed by atoms with Crippen molar-refractivity contribution in [2.75, 3.05) is 20.8 Å². The third-order valence-electron chi connectivity index (χ3n) is 15.1. The number of Topliss-reactive ketones (excluding diaryl/α,β-unsaturated/α-hetero) is 3. The van der Waals surface area contributed by atoms with Crippen molar-refractivity contribution in [2.24, 2.45) is 41.4 Å². The molecule has 0 spiro atoms. The van der Waals surface area contributed by atoms with E-state index in [1.165, 1.54) is 17.4 Å². The van der Waals surface area contributed by atoms with Crippen molar-refractivity contribution in [2.45, 2.75) is 194 Å². The summed E-state index contributed by atoms with van der Waals surface area (Å²) in [5, 5.41) is 11.6.